The van der Waals surface area contributed by atoms with Crippen LogP contribution in [0.2, 0.25) is 0 Å². The maximum atomic E-state index is 11.9. The van der Waals surface area contributed by atoms with E-state index in [0.717, 1.165) is 19.5 Å². The van der Waals surface area contributed by atoms with Crippen LogP contribution in [0.25, 0.3) is 0 Å². The van der Waals surface area contributed by atoms with Crippen LogP contribution in [0.3, 0.4) is 0 Å². The second kappa shape index (κ2) is 8.67. The third-order valence-corrected chi connectivity index (χ3v) is 4.73. The van der Waals surface area contributed by atoms with Gasteiger partial charge in [-0.05, 0) is 32.6 Å². The molecule has 0 unspecified atom stereocenters. The molecule has 1 amide bonds. The lowest BCUT2D eigenvalue weighted by Crippen LogP contribution is -2.50. The molecule has 2 aliphatic rings. The van der Waals surface area contributed by atoms with Crippen molar-refractivity contribution in [3.05, 3.63) is 0 Å². The summed E-state index contributed by atoms with van der Waals surface area (Å²) < 4.78 is 5.66. The number of nitrogens with two attached hydrogens (primary N) is 1. The van der Waals surface area contributed by atoms with Crippen molar-refractivity contribution in [1.82, 2.24) is 10.2 Å². The Labute approximate surface area is 144 Å². The van der Waals surface area contributed by atoms with Crippen molar-refractivity contribution in [2.75, 3.05) is 32.8 Å². The molecule has 1 saturated carbocycles. The number of carbonyl (C=O) groups is 1. The van der Waals surface area contributed by atoms with Crippen molar-refractivity contribution in [3.8, 4) is 0 Å². The number of hydrogen-bond acceptors (Lipinski definition) is 5. The number of nitrogens with one attached hydrogen (secondary N) is 1. The van der Waals surface area contributed by atoms with Crippen LogP contribution in [0.1, 0.15) is 46.5 Å². The van der Waals surface area contributed by atoms with E-state index in [2.05, 4.69) is 36.1 Å². The Kier molecular flexibility index (Phi) is 6.86. The van der Waals surface area contributed by atoms with Crippen molar-refractivity contribution >= 4 is 11.7 Å². The molecule has 0 aromatic heterocycles. The van der Waals surface area contributed by atoms with E-state index in [4.69, 9.17) is 15.3 Å². The molecular formula is C17H32N4O3. The summed E-state index contributed by atoms with van der Waals surface area (Å²) in [5.74, 6) is 0.783. The van der Waals surface area contributed by atoms with Gasteiger partial charge in [0.15, 0.2) is 12.4 Å². The van der Waals surface area contributed by atoms with E-state index in [9.17, 15) is 4.79 Å². The largest absolute Gasteiger partial charge is 0.384 e. The second-order valence-electron chi connectivity index (χ2n) is 7.61. The van der Waals surface area contributed by atoms with Gasteiger partial charge in [-0.15, -0.1) is 0 Å². The zero-order valence-electron chi connectivity index (χ0n) is 15.2. The lowest BCUT2D eigenvalue weighted by atomic mass is 9.86. The molecule has 3 N–H and O–H groups in total. The zero-order valence-corrected chi connectivity index (χ0v) is 15.2. The maximum absolute atomic E-state index is 11.9. The Hall–Kier alpha value is -1.34. The van der Waals surface area contributed by atoms with Gasteiger partial charge >= 0.3 is 0 Å². The van der Waals surface area contributed by atoms with E-state index < -0.39 is 0 Å². The zero-order chi connectivity index (χ0) is 17.6. The maximum Gasteiger partial charge on any atom is 0.261 e. The molecule has 7 heteroatoms. The van der Waals surface area contributed by atoms with Crippen molar-refractivity contribution in [2.24, 2.45) is 16.8 Å². The second-order valence-corrected chi connectivity index (χ2v) is 7.61. The monoisotopic (exact) mass is 340 g/mol. The van der Waals surface area contributed by atoms with Gasteiger partial charge in [0.1, 0.15) is 0 Å². The van der Waals surface area contributed by atoms with Gasteiger partial charge in [0, 0.05) is 19.1 Å². The van der Waals surface area contributed by atoms with E-state index in [1.807, 2.05) is 0 Å². The van der Waals surface area contributed by atoms with Crippen molar-refractivity contribution < 1.29 is 14.4 Å². The van der Waals surface area contributed by atoms with Gasteiger partial charge in [0.25, 0.3) is 5.91 Å². The molecule has 7 nitrogen and oxygen atoms in total. The fourth-order valence-corrected chi connectivity index (χ4v) is 3.46. The Balaban J connectivity index is 1.67. The highest BCUT2D eigenvalue weighted by Gasteiger charge is 2.27. The number of carbonyl (C=O) groups excluding carboxylic acids is 1. The van der Waals surface area contributed by atoms with Gasteiger partial charge in [-0.3, -0.25) is 9.69 Å². The van der Waals surface area contributed by atoms with Crippen LogP contribution in [-0.2, 0) is 14.4 Å². The summed E-state index contributed by atoms with van der Waals surface area (Å²) in [5, 5.41) is 6.90. The SMILES string of the molecule is C[C@H]1CCCC[C@H]1NC(=O)CO/N=C(\N)CN1CCOC(C)(C)C1. The molecule has 24 heavy (non-hydrogen) atoms. The Bertz CT molecular complexity index is 453. The number of nitrogens with zero attached hydrogens (tertiary/aromatic N) is 2. The summed E-state index contributed by atoms with van der Waals surface area (Å²) in [6, 6.07) is 0.256. The van der Waals surface area contributed by atoms with Crippen LogP contribution in [-0.4, -0.2) is 61.1 Å². The summed E-state index contributed by atoms with van der Waals surface area (Å²) >= 11 is 0. The molecule has 2 atom stereocenters. The molecule has 0 spiro atoms. The fraction of sp³-hybridized carbons (Fsp3) is 0.882. The van der Waals surface area contributed by atoms with E-state index in [0.29, 0.717) is 24.9 Å². The van der Waals surface area contributed by atoms with Gasteiger partial charge in [0.2, 0.25) is 0 Å². The van der Waals surface area contributed by atoms with Gasteiger partial charge in [-0.2, -0.15) is 0 Å². The highest BCUT2D eigenvalue weighted by molar-refractivity contribution is 5.82. The number of oxime groups is 1. The standard InChI is InChI=1S/C17H32N4O3/c1-13-6-4-5-7-14(13)19-16(22)11-24-20-15(18)10-21-8-9-23-17(2,3)12-21/h13-14H,4-12H2,1-3H3,(H2,18,20)(H,19,22)/t13-,14+/m0/s1. The first kappa shape index (κ1) is 19.0. The van der Waals surface area contributed by atoms with E-state index >= 15 is 0 Å². The minimum Gasteiger partial charge on any atom is -0.384 e. The van der Waals surface area contributed by atoms with Crippen molar-refractivity contribution in [1.29, 1.82) is 0 Å². The van der Waals surface area contributed by atoms with E-state index in [1.165, 1.54) is 19.3 Å². The molecule has 1 heterocycles. The molecule has 138 valence electrons. The summed E-state index contributed by atoms with van der Waals surface area (Å²) in [6.07, 6.45) is 4.65. The number of amidine groups is 1. The Morgan fingerprint density at radius 1 is 1.42 bits per heavy atom. The molecule has 1 aliphatic carbocycles. The molecule has 0 radical (unpaired) electrons. The quantitative estimate of drug-likeness (QED) is 0.429. The summed E-state index contributed by atoms with van der Waals surface area (Å²) in [6.45, 7) is 9.03. The van der Waals surface area contributed by atoms with Crippen LogP contribution in [0.4, 0.5) is 0 Å². The number of hydrogen-bond donors (Lipinski definition) is 2. The van der Waals surface area contributed by atoms with Crippen LogP contribution >= 0.6 is 0 Å². The molecule has 2 fully saturated rings. The molecule has 2 rings (SSSR count). The molecular weight excluding hydrogens is 308 g/mol. The highest BCUT2D eigenvalue weighted by Crippen LogP contribution is 2.23. The first-order valence-electron chi connectivity index (χ1n) is 8.96. The first-order chi connectivity index (χ1) is 11.4. The normalized spacial score (nSPS) is 28.4. The summed E-state index contributed by atoms with van der Waals surface area (Å²) in [7, 11) is 0. The topological polar surface area (TPSA) is 89.2 Å². The van der Waals surface area contributed by atoms with Gasteiger partial charge < -0.3 is 20.6 Å². The average Bonchev–Trinajstić information content (AvgIpc) is 2.48. The third-order valence-electron chi connectivity index (χ3n) is 4.73. The Morgan fingerprint density at radius 2 is 2.17 bits per heavy atom. The van der Waals surface area contributed by atoms with Crippen LogP contribution < -0.4 is 11.1 Å². The van der Waals surface area contributed by atoms with Crippen molar-refractivity contribution in [3.63, 3.8) is 0 Å². The molecule has 0 aromatic carbocycles. The molecule has 0 aromatic rings. The molecule has 1 saturated heterocycles. The van der Waals surface area contributed by atoms with Crippen LogP contribution in [0, 0.1) is 5.92 Å². The fourth-order valence-electron chi connectivity index (χ4n) is 3.46. The molecule has 1 aliphatic heterocycles. The number of amides is 1. The number of morpholine rings is 1. The minimum atomic E-state index is -0.171. The predicted octanol–water partition coefficient (Wildman–Crippen LogP) is 1.08. The van der Waals surface area contributed by atoms with Crippen molar-refractivity contribution in [2.45, 2.75) is 58.1 Å². The minimum absolute atomic E-state index is 0.0848. The summed E-state index contributed by atoms with van der Waals surface area (Å²) in [4.78, 5) is 19.2. The van der Waals surface area contributed by atoms with Gasteiger partial charge in [-0.25, -0.2) is 0 Å². The molecule has 0 bridgehead atoms. The predicted molar refractivity (Wildman–Crippen MR) is 93.6 cm³/mol. The summed E-state index contributed by atoms with van der Waals surface area (Å²) in [5.41, 5.74) is 5.73. The smallest absolute Gasteiger partial charge is 0.261 e. The number of rotatable bonds is 6. The highest BCUT2D eigenvalue weighted by atomic mass is 16.6. The lowest BCUT2D eigenvalue weighted by Gasteiger charge is -2.37. The van der Waals surface area contributed by atoms with Crippen LogP contribution in [0.15, 0.2) is 5.16 Å². The van der Waals surface area contributed by atoms with Crippen LogP contribution in [0.5, 0.6) is 0 Å². The van der Waals surface area contributed by atoms with Gasteiger partial charge in [-0.1, -0.05) is 24.9 Å². The number of ether oxygens (including phenoxy) is 1. The third kappa shape index (κ3) is 6.28. The average molecular weight is 340 g/mol. The van der Waals surface area contributed by atoms with Gasteiger partial charge in [0.05, 0.1) is 18.8 Å². The lowest BCUT2D eigenvalue weighted by molar-refractivity contribution is -0.127. The Morgan fingerprint density at radius 3 is 2.88 bits per heavy atom. The first-order valence-corrected chi connectivity index (χ1v) is 8.96. The van der Waals surface area contributed by atoms with E-state index in [-0.39, 0.29) is 24.2 Å². The van der Waals surface area contributed by atoms with E-state index in [1.54, 1.807) is 0 Å².